The summed E-state index contributed by atoms with van der Waals surface area (Å²) in [4.78, 5) is 11.5. The van der Waals surface area contributed by atoms with Gasteiger partial charge >= 0.3 is 0 Å². The van der Waals surface area contributed by atoms with E-state index in [9.17, 15) is 4.79 Å². The molecule has 1 rings (SSSR count). The van der Waals surface area contributed by atoms with Crippen molar-refractivity contribution in [3.8, 4) is 0 Å². The lowest BCUT2D eigenvalue weighted by Crippen LogP contribution is -2.26. The van der Waals surface area contributed by atoms with Crippen LogP contribution in [0, 0.1) is 0 Å². The van der Waals surface area contributed by atoms with Crippen molar-refractivity contribution in [2.24, 2.45) is 0 Å². The Morgan fingerprint density at radius 3 is 2.78 bits per heavy atom. The van der Waals surface area contributed by atoms with Gasteiger partial charge in [-0.25, -0.2) is 0 Å². The molecule has 0 bridgehead atoms. The predicted molar refractivity (Wildman–Crippen MR) is 80.5 cm³/mol. The van der Waals surface area contributed by atoms with E-state index in [1.807, 2.05) is 12.1 Å². The monoisotopic (exact) mass is 305 g/mol. The highest BCUT2D eigenvalue weighted by atomic mass is 35.5. The summed E-state index contributed by atoms with van der Waals surface area (Å²) < 4.78 is 0. The SMILES string of the molecule is CCCCNC(=O)CSCc1ccc(Cl)c(Cl)c1. The Morgan fingerprint density at radius 2 is 2.11 bits per heavy atom. The van der Waals surface area contributed by atoms with E-state index in [4.69, 9.17) is 23.2 Å². The molecule has 0 saturated heterocycles. The molecule has 0 atom stereocenters. The Hall–Kier alpha value is -0.380. The highest BCUT2D eigenvalue weighted by molar-refractivity contribution is 7.99. The fraction of sp³-hybridized carbons (Fsp3) is 0.462. The van der Waals surface area contributed by atoms with Crippen molar-refractivity contribution >= 4 is 40.9 Å². The van der Waals surface area contributed by atoms with Gasteiger partial charge in [0.05, 0.1) is 15.8 Å². The third kappa shape index (κ3) is 5.98. The van der Waals surface area contributed by atoms with Gasteiger partial charge in [0.1, 0.15) is 0 Å². The van der Waals surface area contributed by atoms with Crippen LogP contribution in [0.1, 0.15) is 25.3 Å². The molecule has 5 heteroatoms. The van der Waals surface area contributed by atoms with E-state index in [1.165, 1.54) is 0 Å². The summed E-state index contributed by atoms with van der Waals surface area (Å²) in [5.41, 5.74) is 1.08. The molecule has 0 heterocycles. The van der Waals surface area contributed by atoms with Crippen molar-refractivity contribution in [3.63, 3.8) is 0 Å². The van der Waals surface area contributed by atoms with Crippen LogP contribution >= 0.6 is 35.0 Å². The number of thioether (sulfide) groups is 1. The minimum absolute atomic E-state index is 0.0912. The maximum absolute atomic E-state index is 11.5. The normalized spacial score (nSPS) is 10.4. The van der Waals surface area contributed by atoms with Gasteiger partial charge in [0.2, 0.25) is 5.91 Å². The number of carbonyl (C=O) groups is 1. The molecule has 0 aliphatic carbocycles. The average molecular weight is 306 g/mol. The predicted octanol–water partition coefficient (Wildman–Crippen LogP) is 4.14. The molecule has 0 spiro atoms. The van der Waals surface area contributed by atoms with Crippen molar-refractivity contribution in [1.29, 1.82) is 0 Å². The van der Waals surface area contributed by atoms with Gasteiger partial charge in [0.25, 0.3) is 0 Å². The molecule has 0 aliphatic rings. The van der Waals surface area contributed by atoms with Gasteiger partial charge in [-0.15, -0.1) is 11.8 Å². The van der Waals surface area contributed by atoms with Crippen LogP contribution in [0.15, 0.2) is 18.2 Å². The molecule has 1 amide bonds. The van der Waals surface area contributed by atoms with Crippen molar-refractivity contribution in [2.45, 2.75) is 25.5 Å². The van der Waals surface area contributed by atoms with Crippen LogP contribution in [0.2, 0.25) is 10.0 Å². The van der Waals surface area contributed by atoms with Crippen LogP contribution in [-0.2, 0) is 10.5 Å². The van der Waals surface area contributed by atoms with E-state index in [1.54, 1.807) is 17.8 Å². The van der Waals surface area contributed by atoms with Crippen LogP contribution in [0.25, 0.3) is 0 Å². The van der Waals surface area contributed by atoms with Crippen molar-refractivity contribution in [2.75, 3.05) is 12.3 Å². The minimum atomic E-state index is 0.0912. The number of hydrogen-bond acceptors (Lipinski definition) is 2. The zero-order valence-corrected chi connectivity index (χ0v) is 12.7. The van der Waals surface area contributed by atoms with E-state index in [0.717, 1.165) is 30.7 Å². The van der Waals surface area contributed by atoms with Gasteiger partial charge in [-0.05, 0) is 24.1 Å². The molecule has 1 aromatic carbocycles. The zero-order chi connectivity index (χ0) is 13.4. The van der Waals surface area contributed by atoms with Crippen molar-refractivity contribution in [3.05, 3.63) is 33.8 Å². The molecule has 0 unspecified atom stereocenters. The molecule has 2 nitrogen and oxygen atoms in total. The lowest BCUT2D eigenvalue weighted by molar-refractivity contribution is -0.118. The first-order valence-corrected chi connectivity index (χ1v) is 7.83. The minimum Gasteiger partial charge on any atom is -0.355 e. The van der Waals surface area contributed by atoms with Gasteiger partial charge in [-0.3, -0.25) is 4.79 Å². The molecule has 0 radical (unpaired) electrons. The van der Waals surface area contributed by atoms with Gasteiger partial charge < -0.3 is 5.32 Å². The summed E-state index contributed by atoms with van der Waals surface area (Å²) in [6.45, 7) is 2.87. The molecule has 0 saturated carbocycles. The average Bonchev–Trinajstić information content (AvgIpc) is 2.34. The van der Waals surface area contributed by atoms with Crippen LogP contribution in [0.3, 0.4) is 0 Å². The third-order valence-electron chi connectivity index (χ3n) is 2.34. The number of amides is 1. The second-order valence-electron chi connectivity index (χ2n) is 3.94. The Morgan fingerprint density at radius 1 is 1.33 bits per heavy atom. The number of rotatable bonds is 7. The van der Waals surface area contributed by atoms with E-state index in [2.05, 4.69) is 12.2 Å². The smallest absolute Gasteiger partial charge is 0.230 e. The van der Waals surface area contributed by atoms with E-state index < -0.39 is 0 Å². The number of nitrogens with one attached hydrogen (secondary N) is 1. The first-order chi connectivity index (χ1) is 8.63. The Bertz CT molecular complexity index is 399. The topological polar surface area (TPSA) is 29.1 Å². The molecular formula is C13H17Cl2NOS. The van der Waals surface area contributed by atoms with Gasteiger partial charge in [0, 0.05) is 12.3 Å². The van der Waals surface area contributed by atoms with Crippen molar-refractivity contribution < 1.29 is 4.79 Å². The lowest BCUT2D eigenvalue weighted by Gasteiger charge is -2.05. The number of hydrogen-bond donors (Lipinski definition) is 1. The third-order valence-corrected chi connectivity index (χ3v) is 4.08. The highest BCUT2D eigenvalue weighted by Crippen LogP contribution is 2.24. The molecule has 100 valence electrons. The zero-order valence-electron chi connectivity index (χ0n) is 10.3. The largest absolute Gasteiger partial charge is 0.355 e. The van der Waals surface area contributed by atoms with Crippen molar-refractivity contribution in [1.82, 2.24) is 5.32 Å². The second-order valence-corrected chi connectivity index (χ2v) is 5.74. The first-order valence-electron chi connectivity index (χ1n) is 5.92. The lowest BCUT2D eigenvalue weighted by atomic mass is 10.2. The van der Waals surface area contributed by atoms with Crippen LogP contribution in [-0.4, -0.2) is 18.2 Å². The van der Waals surface area contributed by atoms with Gasteiger partial charge in [-0.1, -0.05) is 42.6 Å². The van der Waals surface area contributed by atoms with Gasteiger partial charge in [0.15, 0.2) is 0 Å². The number of benzene rings is 1. The first kappa shape index (κ1) is 15.7. The molecule has 1 aromatic rings. The van der Waals surface area contributed by atoms with Crippen LogP contribution < -0.4 is 5.32 Å². The molecule has 0 aliphatic heterocycles. The molecule has 1 N–H and O–H groups in total. The fourth-order valence-electron chi connectivity index (χ4n) is 1.35. The van der Waals surface area contributed by atoms with Crippen LogP contribution in [0.5, 0.6) is 0 Å². The second kappa shape index (κ2) is 8.68. The number of unbranched alkanes of at least 4 members (excludes halogenated alkanes) is 1. The summed E-state index contributed by atoms with van der Waals surface area (Å²) in [6.07, 6.45) is 2.12. The summed E-state index contributed by atoms with van der Waals surface area (Å²) in [5, 5.41) is 4.00. The van der Waals surface area contributed by atoms with E-state index >= 15 is 0 Å². The Balaban J connectivity index is 2.24. The summed E-state index contributed by atoms with van der Waals surface area (Å²) in [7, 11) is 0. The quantitative estimate of drug-likeness (QED) is 0.767. The maximum Gasteiger partial charge on any atom is 0.230 e. The Kier molecular flexibility index (Phi) is 7.56. The van der Waals surface area contributed by atoms with Crippen LogP contribution in [0.4, 0.5) is 0 Å². The number of halogens is 2. The van der Waals surface area contributed by atoms with E-state index in [-0.39, 0.29) is 5.91 Å². The molecular weight excluding hydrogens is 289 g/mol. The summed E-state index contributed by atoms with van der Waals surface area (Å²) in [5.74, 6) is 1.33. The standard InChI is InChI=1S/C13H17Cl2NOS/c1-2-3-6-16-13(17)9-18-8-10-4-5-11(14)12(15)7-10/h4-5,7H,2-3,6,8-9H2,1H3,(H,16,17). The summed E-state index contributed by atoms with van der Waals surface area (Å²) >= 11 is 13.3. The fourth-order valence-corrected chi connectivity index (χ4v) is 2.47. The Labute approximate surface area is 122 Å². The molecule has 0 aromatic heterocycles. The van der Waals surface area contributed by atoms with Gasteiger partial charge in [-0.2, -0.15) is 0 Å². The molecule has 0 fully saturated rings. The number of carbonyl (C=O) groups excluding carboxylic acids is 1. The van der Waals surface area contributed by atoms with E-state index in [0.29, 0.717) is 15.8 Å². The maximum atomic E-state index is 11.5. The highest BCUT2D eigenvalue weighted by Gasteiger charge is 2.03. The summed E-state index contributed by atoms with van der Waals surface area (Å²) in [6, 6.07) is 5.54. The molecule has 18 heavy (non-hydrogen) atoms.